The number of rotatable bonds is 6. The van der Waals surface area contributed by atoms with Gasteiger partial charge in [-0.3, -0.25) is 0 Å². The molecule has 0 aromatic heterocycles. The molecule has 0 fully saturated rings. The predicted molar refractivity (Wildman–Crippen MR) is 108 cm³/mol. The Bertz CT molecular complexity index is 926. The molecular formula is C20H24ClN3O2S. The van der Waals surface area contributed by atoms with E-state index in [1.807, 2.05) is 55.4 Å². The standard InChI is InChI=1S/C20H24ClN3O2S/c1-14(13-24(2)3)27(25,26)19-7-5-4-6-17(19)18-12-22-23-20(18)15-8-10-16(21)11-9-15/h4-11,14,18,20H,12-13H2,1-3H3. The highest BCUT2D eigenvalue weighted by atomic mass is 35.5. The first-order chi connectivity index (χ1) is 12.8. The molecule has 0 spiro atoms. The molecule has 3 unspecified atom stereocenters. The van der Waals surface area contributed by atoms with Crippen molar-refractivity contribution in [1.29, 1.82) is 0 Å². The number of hydrogen-bond acceptors (Lipinski definition) is 5. The third-order valence-corrected chi connectivity index (χ3v) is 7.30. The molecule has 0 amide bonds. The summed E-state index contributed by atoms with van der Waals surface area (Å²) < 4.78 is 26.5. The number of benzene rings is 2. The smallest absolute Gasteiger partial charge is 0.182 e. The lowest BCUT2D eigenvalue weighted by atomic mass is 9.88. The van der Waals surface area contributed by atoms with Gasteiger partial charge in [0.05, 0.1) is 16.7 Å². The van der Waals surface area contributed by atoms with E-state index in [0.717, 1.165) is 11.1 Å². The summed E-state index contributed by atoms with van der Waals surface area (Å²) in [5.41, 5.74) is 1.77. The van der Waals surface area contributed by atoms with Gasteiger partial charge in [0.25, 0.3) is 0 Å². The first-order valence-electron chi connectivity index (χ1n) is 8.90. The molecule has 7 heteroatoms. The summed E-state index contributed by atoms with van der Waals surface area (Å²) >= 11 is 6.00. The van der Waals surface area contributed by atoms with E-state index in [9.17, 15) is 8.42 Å². The molecule has 1 heterocycles. The van der Waals surface area contributed by atoms with Crippen LogP contribution < -0.4 is 0 Å². The van der Waals surface area contributed by atoms with Crippen molar-refractivity contribution in [3.05, 3.63) is 64.7 Å². The Morgan fingerprint density at radius 3 is 2.48 bits per heavy atom. The third-order valence-electron chi connectivity index (χ3n) is 4.85. The van der Waals surface area contributed by atoms with Crippen LogP contribution in [-0.2, 0) is 9.84 Å². The highest BCUT2D eigenvalue weighted by Crippen LogP contribution is 2.42. The van der Waals surface area contributed by atoms with Crippen LogP contribution in [0.25, 0.3) is 0 Å². The molecule has 0 N–H and O–H groups in total. The summed E-state index contributed by atoms with van der Waals surface area (Å²) in [6.07, 6.45) is 0. The lowest BCUT2D eigenvalue weighted by Crippen LogP contribution is -2.31. The van der Waals surface area contributed by atoms with Gasteiger partial charge < -0.3 is 4.90 Å². The fraction of sp³-hybridized carbons (Fsp3) is 0.400. The fourth-order valence-electron chi connectivity index (χ4n) is 3.51. The molecule has 3 rings (SSSR count). The Morgan fingerprint density at radius 2 is 1.81 bits per heavy atom. The maximum Gasteiger partial charge on any atom is 0.182 e. The first-order valence-corrected chi connectivity index (χ1v) is 10.8. The van der Waals surface area contributed by atoms with Crippen molar-refractivity contribution >= 4 is 21.4 Å². The van der Waals surface area contributed by atoms with Crippen LogP contribution in [0.4, 0.5) is 0 Å². The van der Waals surface area contributed by atoms with Crippen molar-refractivity contribution in [2.75, 3.05) is 27.2 Å². The second kappa shape index (κ2) is 8.09. The van der Waals surface area contributed by atoms with Crippen LogP contribution in [0, 0.1) is 0 Å². The maximum absolute atomic E-state index is 13.2. The zero-order valence-corrected chi connectivity index (χ0v) is 17.3. The van der Waals surface area contributed by atoms with E-state index in [1.54, 1.807) is 19.1 Å². The minimum atomic E-state index is -3.46. The minimum absolute atomic E-state index is 0.108. The second-order valence-corrected chi connectivity index (χ2v) is 9.97. The van der Waals surface area contributed by atoms with Gasteiger partial charge in [0.2, 0.25) is 0 Å². The number of hydrogen-bond donors (Lipinski definition) is 0. The van der Waals surface area contributed by atoms with Crippen LogP contribution in [0.2, 0.25) is 5.02 Å². The normalized spacial score (nSPS) is 20.9. The van der Waals surface area contributed by atoms with E-state index in [-0.39, 0.29) is 12.0 Å². The highest BCUT2D eigenvalue weighted by molar-refractivity contribution is 7.92. The SMILES string of the molecule is CC(CN(C)C)S(=O)(=O)c1ccccc1C1CN=NC1c1ccc(Cl)cc1. The van der Waals surface area contributed by atoms with Gasteiger partial charge in [-0.05, 0) is 50.3 Å². The lowest BCUT2D eigenvalue weighted by molar-refractivity contribution is 0.405. The largest absolute Gasteiger partial charge is 0.308 e. The van der Waals surface area contributed by atoms with Crippen molar-refractivity contribution < 1.29 is 8.42 Å². The van der Waals surface area contributed by atoms with Gasteiger partial charge in [0.1, 0.15) is 6.04 Å². The Balaban J connectivity index is 1.99. The molecule has 0 saturated carbocycles. The summed E-state index contributed by atoms with van der Waals surface area (Å²) in [6, 6.07) is 14.5. The van der Waals surface area contributed by atoms with Crippen LogP contribution in [0.5, 0.6) is 0 Å². The van der Waals surface area contributed by atoms with E-state index in [0.29, 0.717) is 23.0 Å². The fourth-order valence-corrected chi connectivity index (χ4v) is 5.38. The lowest BCUT2D eigenvalue weighted by Gasteiger charge is -2.23. The van der Waals surface area contributed by atoms with Gasteiger partial charge in [-0.25, -0.2) is 8.42 Å². The molecule has 0 saturated heterocycles. The Labute approximate surface area is 166 Å². The third kappa shape index (κ3) is 4.23. The molecule has 2 aromatic carbocycles. The summed E-state index contributed by atoms with van der Waals surface area (Å²) in [5, 5.41) is 8.77. The van der Waals surface area contributed by atoms with E-state index >= 15 is 0 Å². The number of nitrogens with zero attached hydrogens (tertiary/aromatic N) is 3. The van der Waals surface area contributed by atoms with Crippen LogP contribution in [0.3, 0.4) is 0 Å². The molecule has 3 atom stereocenters. The van der Waals surface area contributed by atoms with Crippen LogP contribution in [0.1, 0.15) is 30.0 Å². The number of halogens is 1. The molecule has 5 nitrogen and oxygen atoms in total. The molecule has 1 aliphatic heterocycles. The van der Waals surface area contributed by atoms with E-state index in [4.69, 9.17) is 11.6 Å². The summed E-state index contributed by atoms with van der Waals surface area (Å²) in [5.74, 6) is -0.108. The predicted octanol–water partition coefficient (Wildman–Crippen LogP) is 4.35. The maximum atomic E-state index is 13.2. The van der Waals surface area contributed by atoms with Crippen molar-refractivity contribution in [2.45, 2.75) is 29.0 Å². The molecular weight excluding hydrogens is 382 g/mol. The van der Waals surface area contributed by atoms with Gasteiger partial charge in [-0.15, -0.1) is 0 Å². The van der Waals surface area contributed by atoms with Crippen molar-refractivity contribution in [2.24, 2.45) is 10.2 Å². The first kappa shape index (κ1) is 20.0. The molecule has 27 heavy (non-hydrogen) atoms. The van der Waals surface area contributed by atoms with Gasteiger partial charge >= 0.3 is 0 Å². The zero-order chi connectivity index (χ0) is 19.6. The number of azo groups is 1. The van der Waals surface area contributed by atoms with Crippen LogP contribution in [-0.4, -0.2) is 45.8 Å². The van der Waals surface area contributed by atoms with E-state index in [1.165, 1.54) is 0 Å². The summed E-state index contributed by atoms with van der Waals surface area (Å²) in [7, 11) is 0.296. The average molecular weight is 406 g/mol. The van der Waals surface area contributed by atoms with Crippen molar-refractivity contribution in [3.8, 4) is 0 Å². The summed E-state index contributed by atoms with van der Waals surface area (Å²) in [6.45, 7) is 2.70. The quantitative estimate of drug-likeness (QED) is 0.717. The zero-order valence-electron chi connectivity index (χ0n) is 15.7. The van der Waals surface area contributed by atoms with Gasteiger partial charge in [-0.2, -0.15) is 10.2 Å². The minimum Gasteiger partial charge on any atom is -0.308 e. The Morgan fingerprint density at radius 1 is 1.15 bits per heavy atom. The van der Waals surface area contributed by atoms with Gasteiger partial charge in [0, 0.05) is 17.5 Å². The monoisotopic (exact) mass is 405 g/mol. The number of sulfone groups is 1. The second-order valence-electron chi connectivity index (χ2n) is 7.20. The summed E-state index contributed by atoms with van der Waals surface area (Å²) in [4.78, 5) is 2.28. The van der Waals surface area contributed by atoms with Gasteiger partial charge in [-0.1, -0.05) is 41.9 Å². The molecule has 0 aliphatic carbocycles. The molecule has 0 bridgehead atoms. The topological polar surface area (TPSA) is 62.1 Å². The Hall–Kier alpha value is -1.76. The van der Waals surface area contributed by atoms with Crippen LogP contribution in [0.15, 0.2) is 63.7 Å². The highest BCUT2D eigenvalue weighted by Gasteiger charge is 2.34. The van der Waals surface area contributed by atoms with Gasteiger partial charge in [0.15, 0.2) is 9.84 Å². The molecule has 2 aromatic rings. The average Bonchev–Trinajstić information content (AvgIpc) is 3.11. The van der Waals surface area contributed by atoms with Crippen molar-refractivity contribution in [3.63, 3.8) is 0 Å². The molecule has 1 aliphatic rings. The molecule has 144 valence electrons. The van der Waals surface area contributed by atoms with E-state index < -0.39 is 15.1 Å². The van der Waals surface area contributed by atoms with E-state index in [2.05, 4.69) is 10.2 Å². The van der Waals surface area contributed by atoms with Crippen molar-refractivity contribution in [1.82, 2.24) is 4.90 Å². The molecule has 0 radical (unpaired) electrons. The van der Waals surface area contributed by atoms with Crippen LogP contribution >= 0.6 is 11.6 Å². The Kier molecular flexibility index (Phi) is 5.99.